The van der Waals surface area contributed by atoms with Crippen LogP contribution >= 0.6 is 23.2 Å². The summed E-state index contributed by atoms with van der Waals surface area (Å²) in [5.41, 5.74) is 7.27. The zero-order valence-electron chi connectivity index (χ0n) is 16.2. The number of hydrogen-bond acceptors (Lipinski definition) is 5. The van der Waals surface area contributed by atoms with E-state index >= 15 is 0 Å². The molecule has 1 heterocycles. The summed E-state index contributed by atoms with van der Waals surface area (Å²) in [5, 5.41) is 1.05. The predicted molar refractivity (Wildman–Crippen MR) is 111 cm³/mol. The number of esters is 1. The maximum Gasteiger partial charge on any atom is 0.305 e. The fourth-order valence-corrected chi connectivity index (χ4v) is 3.70. The van der Waals surface area contributed by atoms with E-state index in [2.05, 4.69) is 4.74 Å². The Balaban J connectivity index is 1.79. The fraction of sp³-hybridized carbons (Fsp3) is 0.286. The average molecular weight is 451 g/mol. The Labute approximate surface area is 183 Å². The Morgan fingerprint density at radius 2 is 2.00 bits per heavy atom. The van der Waals surface area contributed by atoms with Crippen molar-refractivity contribution in [2.24, 2.45) is 5.73 Å². The summed E-state index contributed by atoms with van der Waals surface area (Å²) < 4.78 is 10.5. The molecule has 1 unspecified atom stereocenters. The molecule has 1 aliphatic rings. The molecule has 1 aliphatic heterocycles. The highest BCUT2D eigenvalue weighted by Crippen LogP contribution is 2.34. The van der Waals surface area contributed by atoms with Crippen molar-refractivity contribution < 1.29 is 23.9 Å². The third-order valence-corrected chi connectivity index (χ3v) is 5.50. The molecular weight excluding hydrogens is 431 g/mol. The zero-order chi connectivity index (χ0) is 21.8. The van der Waals surface area contributed by atoms with Gasteiger partial charge in [0.25, 0.3) is 5.91 Å². The van der Waals surface area contributed by atoms with Gasteiger partial charge in [-0.25, -0.2) is 0 Å². The lowest BCUT2D eigenvalue weighted by atomic mass is 10.1. The molecule has 0 aromatic heterocycles. The highest BCUT2D eigenvalue weighted by molar-refractivity contribution is 6.33. The van der Waals surface area contributed by atoms with Crippen LogP contribution in [0.25, 0.3) is 0 Å². The number of ether oxygens (including phenoxy) is 2. The minimum atomic E-state index is -0.931. The van der Waals surface area contributed by atoms with E-state index in [1.54, 1.807) is 36.4 Å². The summed E-state index contributed by atoms with van der Waals surface area (Å²) in [6.07, 6.45) is 0.0525. The SMILES string of the molecule is COC(=O)CCC(C(N)=O)N1Cc2c(OCc3cc(Cl)ccc3Cl)cccc2C1=O. The first-order chi connectivity index (χ1) is 14.3. The number of amides is 2. The topological polar surface area (TPSA) is 98.9 Å². The lowest BCUT2D eigenvalue weighted by molar-refractivity contribution is -0.141. The van der Waals surface area contributed by atoms with Gasteiger partial charge < -0.3 is 20.1 Å². The highest BCUT2D eigenvalue weighted by atomic mass is 35.5. The van der Waals surface area contributed by atoms with E-state index in [9.17, 15) is 14.4 Å². The normalized spacial score (nSPS) is 13.7. The van der Waals surface area contributed by atoms with Crippen LogP contribution in [0.2, 0.25) is 10.0 Å². The van der Waals surface area contributed by atoms with E-state index in [1.165, 1.54) is 12.0 Å². The van der Waals surface area contributed by atoms with E-state index < -0.39 is 17.9 Å². The van der Waals surface area contributed by atoms with Crippen molar-refractivity contribution in [3.63, 3.8) is 0 Å². The van der Waals surface area contributed by atoms with Gasteiger partial charge in [0.15, 0.2) is 0 Å². The maximum atomic E-state index is 12.9. The van der Waals surface area contributed by atoms with Gasteiger partial charge in [-0.1, -0.05) is 29.3 Å². The first-order valence-corrected chi connectivity index (χ1v) is 9.93. The Morgan fingerprint density at radius 3 is 2.70 bits per heavy atom. The van der Waals surface area contributed by atoms with Gasteiger partial charge in [0.05, 0.1) is 13.7 Å². The van der Waals surface area contributed by atoms with Gasteiger partial charge in [-0.2, -0.15) is 0 Å². The van der Waals surface area contributed by atoms with Crippen molar-refractivity contribution in [2.75, 3.05) is 7.11 Å². The standard InChI is InChI=1S/C21H20Cl2N2O5/c1-29-19(26)8-7-17(20(24)27)25-10-15-14(21(25)28)3-2-4-18(15)30-11-12-9-13(22)5-6-16(12)23/h2-6,9,17H,7-8,10-11H2,1H3,(H2,24,27). The van der Waals surface area contributed by atoms with Gasteiger partial charge in [-0.3, -0.25) is 14.4 Å². The zero-order valence-corrected chi connectivity index (χ0v) is 17.7. The van der Waals surface area contributed by atoms with Crippen molar-refractivity contribution in [3.8, 4) is 5.75 Å². The monoisotopic (exact) mass is 450 g/mol. The number of nitrogens with zero attached hydrogens (tertiary/aromatic N) is 1. The molecule has 2 N–H and O–H groups in total. The van der Waals surface area contributed by atoms with Crippen molar-refractivity contribution in [1.29, 1.82) is 0 Å². The molecule has 0 radical (unpaired) electrons. The van der Waals surface area contributed by atoms with E-state index in [0.717, 1.165) is 0 Å². The van der Waals surface area contributed by atoms with Gasteiger partial charge in [0, 0.05) is 33.2 Å². The van der Waals surface area contributed by atoms with Crippen LogP contribution in [0.5, 0.6) is 5.75 Å². The van der Waals surface area contributed by atoms with Gasteiger partial charge in [-0.15, -0.1) is 0 Å². The molecular formula is C21H20Cl2N2O5. The van der Waals surface area contributed by atoms with E-state index in [1.807, 2.05) is 0 Å². The van der Waals surface area contributed by atoms with Gasteiger partial charge in [0.2, 0.25) is 5.91 Å². The van der Waals surface area contributed by atoms with Crippen LogP contribution in [0.15, 0.2) is 36.4 Å². The number of carbonyl (C=O) groups is 3. The predicted octanol–water partition coefficient (Wildman–Crippen LogP) is 3.34. The van der Waals surface area contributed by atoms with Crippen LogP contribution in [0, 0.1) is 0 Å². The van der Waals surface area contributed by atoms with Crippen LogP contribution in [0.4, 0.5) is 0 Å². The third-order valence-electron chi connectivity index (χ3n) is 4.90. The number of fused-ring (bicyclic) bond motifs is 1. The Kier molecular flexibility index (Phi) is 6.84. The molecule has 0 bridgehead atoms. The summed E-state index contributed by atoms with van der Waals surface area (Å²) in [4.78, 5) is 37.7. The number of hydrogen-bond donors (Lipinski definition) is 1. The van der Waals surface area contributed by atoms with Gasteiger partial charge in [0.1, 0.15) is 18.4 Å². The summed E-state index contributed by atoms with van der Waals surface area (Å²) in [5.74, 6) is -1.01. The molecule has 30 heavy (non-hydrogen) atoms. The summed E-state index contributed by atoms with van der Waals surface area (Å²) in [6, 6.07) is 9.24. The molecule has 0 saturated carbocycles. The van der Waals surface area contributed by atoms with Crippen LogP contribution in [0.3, 0.4) is 0 Å². The molecule has 3 rings (SSSR count). The van der Waals surface area contributed by atoms with Gasteiger partial charge >= 0.3 is 5.97 Å². The molecule has 0 spiro atoms. The summed E-state index contributed by atoms with van der Waals surface area (Å²) in [7, 11) is 1.26. The average Bonchev–Trinajstić information content (AvgIpc) is 3.05. The molecule has 7 nitrogen and oxygen atoms in total. The first-order valence-electron chi connectivity index (χ1n) is 9.17. The lowest BCUT2D eigenvalue weighted by Crippen LogP contribution is -2.45. The Hall–Kier alpha value is -2.77. The molecule has 0 saturated heterocycles. The van der Waals surface area contributed by atoms with Crippen LogP contribution < -0.4 is 10.5 Å². The Bertz CT molecular complexity index is 995. The van der Waals surface area contributed by atoms with Crippen molar-refractivity contribution >= 4 is 41.0 Å². The molecule has 158 valence electrons. The summed E-state index contributed by atoms with van der Waals surface area (Å²) >= 11 is 12.2. The first kappa shape index (κ1) is 21.9. The smallest absolute Gasteiger partial charge is 0.305 e. The lowest BCUT2D eigenvalue weighted by Gasteiger charge is -2.24. The maximum absolute atomic E-state index is 12.9. The number of carbonyl (C=O) groups excluding carboxylic acids is 3. The van der Waals surface area contributed by atoms with E-state index in [4.69, 9.17) is 33.7 Å². The van der Waals surface area contributed by atoms with Crippen LogP contribution in [-0.4, -0.2) is 35.8 Å². The van der Waals surface area contributed by atoms with E-state index in [-0.39, 0.29) is 31.9 Å². The minimum absolute atomic E-state index is 0.0269. The second-order valence-corrected chi connectivity index (χ2v) is 7.62. The van der Waals surface area contributed by atoms with Crippen LogP contribution in [-0.2, 0) is 27.5 Å². The molecule has 2 amide bonds. The molecule has 9 heteroatoms. The van der Waals surface area contributed by atoms with Crippen molar-refractivity contribution in [3.05, 3.63) is 63.1 Å². The second kappa shape index (κ2) is 9.36. The molecule has 1 atom stereocenters. The Morgan fingerprint density at radius 1 is 1.23 bits per heavy atom. The fourth-order valence-electron chi connectivity index (χ4n) is 3.33. The highest BCUT2D eigenvalue weighted by Gasteiger charge is 2.37. The van der Waals surface area contributed by atoms with Gasteiger partial charge in [-0.05, 0) is 36.8 Å². The summed E-state index contributed by atoms with van der Waals surface area (Å²) in [6.45, 7) is 0.300. The van der Waals surface area contributed by atoms with Crippen molar-refractivity contribution in [2.45, 2.75) is 32.0 Å². The largest absolute Gasteiger partial charge is 0.488 e. The number of rotatable bonds is 8. The number of primary amides is 1. The number of benzene rings is 2. The quantitative estimate of drug-likeness (QED) is 0.621. The third kappa shape index (κ3) is 4.68. The minimum Gasteiger partial charge on any atom is -0.488 e. The second-order valence-electron chi connectivity index (χ2n) is 6.77. The number of halogens is 2. The van der Waals surface area contributed by atoms with Crippen molar-refractivity contribution in [1.82, 2.24) is 4.90 Å². The molecule has 0 fully saturated rings. The van der Waals surface area contributed by atoms with Crippen LogP contribution in [0.1, 0.15) is 34.3 Å². The number of nitrogens with two attached hydrogens (primary N) is 1. The van der Waals surface area contributed by atoms with E-state index in [0.29, 0.717) is 32.5 Å². The number of methoxy groups -OCH3 is 1. The molecule has 2 aromatic rings. The molecule has 2 aromatic carbocycles. The molecule has 0 aliphatic carbocycles.